The number of benzene rings is 1. The molecule has 6 heteroatoms. The minimum Gasteiger partial charge on any atom is -0.355 e. The Morgan fingerprint density at radius 2 is 2.12 bits per heavy atom. The number of nitrogens with one attached hydrogen (secondary N) is 1. The Kier molecular flexibility index (Phi) is 4.09. The first kappa shape index (κ1) is 15.6. The van der Waals surface area contributed by atoms with Gasteiger partial charge in [-0.3, -0.25) is 9.48 Å². The lowest BCUT2D eigenvalue weighted by Gasteiger charge is -2.35. The molecular formula is C19H20N4O2. The lowest BCUT2D eigenvalue weighted by atomic mass is 9.87. The zero-order chi connectivity index (χ0) is 17.2. The molecule has 1 saturated carbocycles. The Balaban J connectivity index is 1.34. The van der Waals surface area contributed by atoms with E-state index in [9.17, 15) is 4.79 Å². The van der Waals surface area contributed by atoms with Crippen LogP contribution in [0.25, 0.3) is 11.3 Å². The number of rotatable bonds is 5. The van der Waals surface area contributed by atoms with Crippen LogP contribution in [0, 0.1) is 0 Å². The van der Waals surface area contributed by atoms with Gasteiger partial charge in [0.2, 0.25) is 0 Å². The van der Waals surface area contributed by atoms with Crippen molar-refractivity contribution >= 4 is 5.91 Å². The summed E-state index contributed by atoms with van der Waals surface area (Å²) in [7, 11) is 0. The maximum absolute atomic E-state index is 12.3. The van der Waals surface area contributed by atoms with E-state index in [0.29, 0.717) is 17.5 Å². The summed E-state index contributed by atoms with van der Waals surface area (Å²) in [6.45, 7) is 2.12. The van der Waals surface area contributed by atoms with Crippen LogP contribution >= 0.6 is 0 Å². The van der Waals surface area contributed by atoms with Crippen molar-refractivity contribution < 1.29 is 9.32 Å². The maximum Gasteiger partial charge on any atom is 0.273 e. The molecular weight excluding hydrogens is 316 g/mol. The van der Waals surface area contributed by atoms with Crippen molar-refractivity contribution in [2.45, 2.75) is 38.3 Å². The van der Waals surface area contributed by atoms with Crippen molar-refractivity contribution in [2.24, 2.45) is 0 Å². The fraction of sp³-hybridized carbons (Fsp3) is 0.316. The Hall–Kier alpha value is -2.89. The van der Waals surface area contributed by atoms with E-state index in [2.05, 4.69) is 28.7 Å². The van der Waals surface area contributed by atoms with E-state index in [-0.39, 0.29) is 11.9 Å². The number of nitrogens with zero attached hydrogens (tertiary/aromatic N) is 3. The van der Waals surface area contributed by atoms with Crippen LogP contribution < -0.4 is 5.32 Å². The van der Waals surface area contributed by atoms with Gasteiger partial charge < -0.3 is 9.84 Å². The first-order valence-corrected chi connectivity index (χ1v) is 8.59. The molecule has 4 rings (SSSR count). The van der Waals surface area contributed by atoms with Crippen LogP contribution in [0.1, 0.15) is 41.9 Å². The zero-order valence-electron chi connectivity index (χ0n) is 14.1. The fourth-order valence-electron chi connectivity index (χ4n) is 3.06. The van der Waals surface area contributed by atoms with E-state index in [4.69, 9.17) is 4.52 Å². The quantitative estimate of drug-likeness (QED) is 0.776. The summed E-state index contributed by atoms with van der Waals surface area (Å²) in [5, 5.41) is 11.3. The first-order valence-electron chi connectivity index (χ1n) is 8.59. The zero-order valence-corrected chi connectivity index (χ0v) is 14.1. The predicted octanol–water partition coefficient (Wildman–Crippen LogP) is 3.23. The number of hydrogen-bond donors (Lipinski definition) is 1. The van der Waals surface area contributed by atoms with Gasteiger partial charge in [0.05, 0.1) is 12.2 Å². The van der Waals surface area contributed by atoms with Crippen LogP contribution in [0.15, 0.2) is 53.3 Å². The molecule has 1 fully saturated rings. The average molecular weight is 336 g/mol. The van der Waals surface area contributed by atoms with E-state index in [1.54, 1.807) is 6.07 Å². The summed E-state index contributed by atoms with van der Waals surface area (Å²) >= 11 is 0. The third-order valence-electron chi connectivity index (χ3n) is 4.69. The number of hydrogen-bond acceptors (Lipinski definition) is 4. The molecule has 6 nitrogen and oxygen atoms in total. The second-order valence-electron chi connectivity index (χ2n) is 6.42. The van der Waals surface area contributed by atoms with Crippen molar-refractivity contribution in [1.29, 1.82) is 0 Å². The van der Waals surface area contributed by atoms with E-state index in [0.717, 1.165) is 24.8 Å². The van der Waals surface area contributed by atoms with Crippen LogP contribution in [0.4, 0.5) is 0 Å². The summed E-state index contributed by atoms with van der Waals surface area (Å²) in [4.78, 5) is 12.3. The Bertz CT molecular complexity index is 862. The Labute approximate surface area is 145 Å². The third kappa shape index (κ3) is 3.20. The number of carbonyl (C=O) groups is 1. The molecule has 2 aromatic heterocycles. The monoisotopic (exact) mass is 336 g/mol. The summed E-state index contributed by atoms with van der Waals surface area (Å²) in [5.74, 6) is 0.407. The molecule has 0 unspecified atom stereocenters. The number of aromatic nitrogens is 3. The van der Waals surface area contributed by atoms with Crippen molar-refractivity contribution in [1.82, 2.24) is 20.3 Å². The van der Waals surface area contributed by atoms with Crippen LogP contribution in [-0.4, -0.2) is 26.9 Å². The predicted molar refractivity (Wildman–Crippen MR) is 93.1 cm³/mol. The highest BCUT2D eigenvalue weighted by atomic mass is 16.5. The topological polar surface area (TPSA) is 73.0 Å². The van der Waals surface area contributed by atoms with Gasteiger partial charge in [-0.1, -0.05) is 42.4 Å². The SMILES string of the molecule is CCc1cnn(C2CC(NC(=O)c3cc(-c4ccccc4)on3)C2)c1. The van der Waals surface area contributed by atoms with Crippen molar-refractivity contribution in [3.05, 3.63) is 60.0 Å². The maximum atomic E-state index is 12.3. The molecule has 0 atom stereocenters. The van der Waals surface area contributed by atoms with E-state index in [1.165, 1.54) is 5.56 Å². The molecule has 1 aromatic carbocycles. The van der Waals surface area contributed by atoms with Crippen LogP contribution in [-0.2, 0) is 6.42 Å². The van der Waals surface area contributed by atoms with Gasteiger partial charge in [-0.25, -0.2) is 0 Å². The molecule has 25 heavy (non-hydrogen) atoms. The normalized spacial score (nSPS) is 19.4. The molecule has 1 aliphatic carbocycles. The highest BCUT2D eigenvalue weighted by Crippen LogP contribution is 2.32. The van der Waals surface area contributed by atoms with Gasteiger partial charge in [0, 0.05) is 23.9 Å². The van der Waals surface area contributed by atoms with Crippen molar-refractivity contribution in [3.63, 3.8) is 0 Å². The molecule has 0 radical (unpaired) electrons. The second-order valence-corrected chi connectivity index (χ2v) is 6.42. The van der Waals surface area contributed by atoms with Gasteiger partial charge in [-0.2, -0.15) is 5.10 Å². The minimum atomic E-state index is -0.191. The molecule has 1 N–H and O–H groups in total. The number of amides is 1. The van der Waals surface area contributed by atoms with Crippen LogP contribution in [0.3, 0.4) is 0 Å². The van der Waals surface area contributed by atoms with Crippen LogP contribution in [0.2, 0.25) is 0 Å². The minimum absolute atomic E-state index is 0.156. The molecule has 2 heterocycles. The van der Waals surface area contributed by atoms with Crippen molar-refractivity contribution in [2.75, 3.05) is 0 Å². The molecule has 0 saturated heterocycles. The number of carbonyl (C=O) groups excluding carboxylic acids is 1. The average Bonchev–Trinajstić information content (AvgIpc) is 3.27. The molecule has 3 aromatic rings. The van der Waals surface area contributed by atoms with Crippen LogP contribution in [0.5, 0.6) is 0 Å². The number of aryl methyl sites for hydroxylation is 1. The van der Waals surface area contributed by atoms with E-state index < -0.39 is 0 Å². The molecule has 1 amide bonds. The highest BCUT2D eigenvalue weighted by Gasteiger charge is 2.32. The van der Waals surface area contributed by atoms with E-state index >= 15 is 0 Å². The smallest absolute Gasteiger partial charge is 0.273 e. The summed E-state index contributed by atoms with van der Waals surface area (Å²) in [6.07, 6.45) is 6.77. The molecule has 0 aliphatic heterocycles. The highest BCUT2D eigenvalue weighted by molar-refractivity contribution is 5.93. The van der Waals surface area contributed by atoms with Gasteiger partial charge in [-0.05, 0) is 24.8 Å². The summed E-state index contributed by atoms with van der Waals surface area (Å²) in [6, 6.07) is 11.8. The summed E-state index contributed by atoms with van der Waals surface area (Å²) < 4.78 is 7.29. The molecule has 0 bridgehead atoms. The van der Waals surface area contributed by atoms with Gasteiger partial charge in [-0.15, -0.1) is 0 Å². The third-order valence-corrected chi connectivity index (χ3v) is 4.69. The molecule has 128 valence electrons. The second kappa shape index (κ2) is 6.55. The lowest BCUT2D eigenvalue weighted by molar-refractivity contribution is 0.0879. The lowest BCUT2D eigenvalue weighted by Crippen LogP contribution is -2.45. The Morgan fingerprint density at radius 1 is 1.32 bits per heavy atom. The van der Waals surface area contributed by atoms with Gasteiger partial charge in [0.15, 0.2) is 11.5 Å². The summed E-state index contributed by atoms with van der Waals surface area (Å²) in [5.41, 5.74) is 2.46. The molecule has 0 spiro atoms. The van der Waals surface area contributed by atoms with Crippen molar-refractivity contribution in [3.8, 4) is 11.3 Å². The van der Waals surface area contributed by atoms with E-state index in [1.807, 2.05) is 41.2 Å². The Morgan fingerprint density at radius 3 is 2.84 bits per heavy atom. The standard InChI is InChI=1S/C19H20N4O2/c1-2-13-11-20-23(12-13)16-8-15(9-16)21-19(24)17-10-18(25-22-17)14-6-4-3-5-7-14/h3-7,10-12,15-16H,2,8-9H2,1H3,(H,21,24). The van der Waals surface area contributed by atoms with Gasteiger partial charge in [0.25, 0.3) is 5.91 Å². The fourth-order valence-corrected chi connectivity index (χ4v) is 3.06. The van der Waals surface area contributed by atoms with Gasteiger partial charge >= 0.3 is 0 Å². The molecule has 1 aliphatic rings. The largest absolute Gasteiger partial charge is 0.355 e. The van der Waals surface area contributed by atoms with Gasteiger partial charge in [0.1, 0.15) is 0 Å². The first-order chi connectivity index (χ1) is 12.2.